The molecule has 0 bridgehead atoms. The number of pyridine rings is 1. The summed E-state index contributed by atoms with van der Waals surface area (Å²) in [4.78, 5) is 19.8. The maximum Gasteiger partial charge on any atom is 0.258 e. The topological polar surface area (TPSA) is 118 Å². The van der Waals surface area contributed by atoms with E-state index < -0.39 is 11.5 Å². The first-order valence-corrected chi connectivity index (χ1v) is 8.89. The van der Waals surface area contributed by atoms with Crippen LogP contribution in [0.3, 0.4) is 0 Å². The first kappa shape index (κ1) is 17.9. The zero-order valence-electron chi connectivity index (χ0n) is 15.1. The highest BCUT2D eigenvalue weighted by Crippen LogP contribution is 2.34. The number of amides is 1. The number of fused-ring (bicyclic) bond motifs is 1. The highest BCUT2D eigenvalue weighted by molar-refractivity contribution is 5.95. The van der Waals surface area contributed by atoms with Gasteiger partial charge < -0.3 is 21.6 Å². The van der Waals surface area contributed by atoms with Crippen molar-refractivity contribution in [1.82, 2.24) is 9.97 Å². The summed E-state index contributed by atoms with van der Waals surface area (Å²) >= 11 is 0. The molecule has 4 rings (SSSR count). The Kier molecular flexibility index (Phi) is 4.43. The molecule has 0 aliphatic carbocycles. The first-order chi connectivity index (χ1) is 13.5. The highest BCUT2D eigenvalue weighted by Gasteiger charge is 2.38. The zero-order chi connectivity index (χ0) is 19.7. The molecule has 0 aliphatic rings. The number of hydrogen-bond acceptors (Lipinski definition) is 4. The Balaban J connectivity index is 1.87. The summed E-state index contributed by atoms with van der Waals surface area (Å²) < 4.78 is 0. The number of carbonyl (C=O) groups is 1. The summed E-state index contributed by atoms with van der Waals surface area (Å²) in [7, 11) is 0. The summed E-state index contributed by atoms with van der Waals surface area (Å²) in [5.74, 6) is -0.832. The van der Waals surface area contributed by atoms with E-state index in [1.54, 1.807) is 48.7 Å². The third-order valence-electron chi connectivity index (χ3n) is 4.96. The van der Waals surface area contributed by atoms with Crippen molar-refractivity contribution in [2.24, 2.45) is 11.5 Å². The van der Waals surface area contributed by atoms with Gasteiger partial charge in [0, 0.05) is 29.9 Å². The Morgan fingerprint density at radius 2 is 1.82 bits per heavy atom. The molecular formula is C22H20N4O2. The molecule has 0 saturated heterocycles. The Morgan fingerprint density at radius 1 is 1.07 bits per heavy atom. The van der Waals surface area contributed by atoms with Gasteiger partial charge in [0.15, 0.2) is 5.60 Å². The molecule has 1 atom stereocenters. The van der Waals surface area contributed by atoms with Crippen molar-refractivity contribution in [3.63, 3.8) is 0 Å². The van der Waals surface area contributed by atoms with Gasteiger partial charge in [0.25, 0.3) is 5.91 Å². The van der Waals surface area contributed by atoms with E-state index in [1.807, 2.05) is 24.4 Å². The van der Waals surface area contributed by atoms with Crippen molar-refractivity contribution in [2.75, 3.05) is 0 Å². The highest BCUT2D eigenvalue weighted by atomic mass is 16.3. The number of benzene rings is 2. The molecule has 2 heterocycles. The van der Waals surface area contributed by atoms with Crippen molar-refractivity contribution in [3.8, 4) is 11.1 Å². The van der Waals surface area contributed by atoms with Crippen LogP contribution < -0.4 is 11.5 Å². The van der Waals surface area contributed by atoms with Crippen molar-refractivity contribution >= 4 is 16.9 Å². The van der Waals surface area contributed by atoms with Crippen LogP contribution in [0, 0.1) is 0 Å². The van der Waals surface area contributed by atoms with Gasteiger partial charge in [-0.25, -0.2) is 4.98 Å². The van der Waals surface area contributed by atoms with Gasteiger partial charge in [-0.05, 0) is 34.4 Å². The van der Waals surface area contributed by atoms with Crippen LogP contribution in [-0.4, -0.2) is 21.0 Å². The number of aromatic nitrogens is 2. The van der Waals surface area contributed by atoms with Crippen LogP contribution in [-0.2, 0) is 16.9 Å². The summed E-state index contributed by atoms with van der Waals surface area (Å²) in [5, 5.41) is 12.2. The van der Waals surface area contributed by atoms with E-state index in [2.05, 4.69) is 9.97 Å². The maximum atomic E-state index is 12.3. The molecular weight excluding hydrogens is 352 g/mol. The van der Waals surface area contributed by atoms with Gasteiger partial charge in [0.2, 0.25) is 0 Å². The fourth-order valence-electron chi connectivity index (χ4n) is 3.44. The lowest BCUT2D eigenvalue weighted by atomic mass is 9.84. The largest absolute Gasteiger partial charge is 0.372 e. The normalized spacial score (nSPS) is 13.4. The van der Waals surface area contributed by atoms with E-state index in [-0.39, 0.29) is 0 Å². The molecule has 1 unspecified atom stereocenters. The molecule has 2 aromatic heterocycles. The van der Waals surface area contributed by atoms with Crippen LogP contribution in [0.15, 0.2) is 73.1 Å². The second-order valence-corrected chi connectivity index (χ2v) is 6.67. The minimum absolute atomic E-state index is 0.392. The Bertz CT molecular complexity index is 1150. The molecule has 1 amide bonds. The Labute approximate surface area is 161 Å². The average Bonchev–Trinajstić information content (AvgIpc) is 3.16. The molecule has 6 heteroatoms. The van der Waals surface area contributed by atoms with E-state index in [4.69, 9.17) is 11.5 Å². The van der Waals surface area contributed by atoms with Gasteiger partial charge in [0.05, 0.1) is 0 Å². The predicted molar refractivity (Wildman–Crippen MR) is 108 cm³/mol. The number of aliphatic hydroxyl groups is 1. The summed E-state index contributed by atoms with van der Waals surface area (Å²) in [5.41, 5.74) is 13.6. The number of aromatic amines is 1. The van der Waals surface area contributed by atoms with E-state index in [1.165, 1.54) is 0 Å². The zero-order valence-corrected chi connectivity index (χ0v) is 15.1. The smallest absolute Gasteiger partial charge is 0.258 e. The standard InChI is InChI=1S/C22H20N4O2/c23-11-14-9-18-19(13-26-20(18)25-12-14)15-5-4-8-17(10-15)22(28,21(24)27)16-6-2-1-3-7-16/h1-10,12-13,28H,11,23H2,(H2,24,27)(H,25,26). The van der Waals surface area contributed by atoms with Gasteiger partial charge in [-0.2, -0.15) is 0 Å². The molecule has 6 nitrogen and oxygen atoms in total. The maximum absolute atomic E-state index is 12.3. The number of rotatable bonds is 5. The molecule has 0 fully saturated rings. The van der Waals surface area contributed by atoms with Gasteiger partial charge in [-0.1, -0.05) is 48.5 Å². The minimum atomic E-state index is -1.93. The monoisotopic (exact) mass is 372 g/mol. The van der Waals surface area contributed by atoms with Gasteiger partial charge in [-0.3, -0.25) is 4.79 Å². The second-order valence-electron chi connectivity index (χ2n) is 6.67. The van der Waals surface area contributed by atoms with E-state index in [0.29, 0.717) is 17.7 Å². The molecule has 28 heavy (non-hydrogen) atoms. The molecule has 0 saturated carbocycles. The number of nitrogens with one attached hydrogen (secondary N) is 1. The molecule has 0 aliphatic heterocycles. The lowest BCUT2D eigenvalue weighted by molar-refractivity contribution is -0.133. The van der Waals surface area contributed by atoms with Crippen molar-refractivity contribution < 1.29 is 9.90 Å². The van der Waals surface area contributed by atoms with Gasteiger partial charge in [0.1, 0.15) is 5.65 Å². The molecule has 6 N–H and O–H groups in total. The minimum Gasteiger partial charge on any atom is -0.372 e. The van der Waals surface area contributed by atoms with Crippen molar-refractivity contribution in [2.45, 2.75) is 12.1 Å². The van der Waals surface area contributed by atoms with Crippen LogP contribution in [0.1, 0.15) is 16.7 Å². The van der Waals surface area contributed by atoms with Crippen LogP contribution in [0.4, 0.5) is 0 Å². The van der Waals surface area contributed by atoms with Crippen LogP contribution in [0.25, 0.3) is 22.2 Å². The summed E-state index contributed by atoms with van der Waals surface area (Å²) in [6.45, 7) is 0.392. The van der Waals surface area contributed by atoms with Crippen molar-refractivity contribution in [1.29, 1.82) is 0 Å². The number of hydrogen-bond donors (Lipinski definition) is 4. The van der Waals surface area contributed by atoms with Crippen LogP contribution >= 0.6 is 0 Å². The SMILES string of the molecule is NCc1cnc2[nH]cc(-c3cccc(C(O)(C(N)=O)c4ccccc4)c3)c2c1. The average molecular weight is 372 g/mol. The summed E-state index contributed by atoms with van der Waals surface area (Å²) in [6.07, 6.45) is 3.59. The molecule has 0 spiro atoms. The third kappa shape index (κ3) is 2.85. The second kappa shape index (κ2) is 6.92. The van der Waals surface area contributed by atoms with E-state index in [0.717, 1.165) is 27.7 Å². The molecule has 0 radical (unpaired) electrons. The number of nitrogens with two attached hydrogens (primary N) is 2. The number of primary amides is 1. The van der Waals surface area contributed by atoms with E-state index in [9.17, 15) is 9.90 Å². The lowest BCUT2D eigenvalue weighted by Crippen LogP contribution is -2.42. The van der Waals surface area contributed by atoms with Crippen LogP contribution in [0.5, 0.6) is 0 Å². The Hall–Kier alpha value is -3.48. The van der Waals surface area contributed by atoms with Gasteiger partial charge >= 0.3 is 0 Å². The fourth-order valence-corrected chi connectivity index (χ4v) is 3.44. The predicted octanol–water partition coefficient (Wildman–Crippen LogP) is 2.41. The number of H-pyrrole nitrogens is 1. The number of carbonyl (C=O) groups excluding carboxylic acids is 1. The van der Waals surface area contributed by atoms with Gasteiger partial charge in [-0.15, -0.1) is 0 Å². The molecule has 2 aromatic carbocycles. The van der Waals surface area contributed by atoms with Crippen molar-refractivity contribution in [3.05, 3.63) is 89.7 Å². The Morgan fingerprint density at radius 3 is 2.54 bits per heavy atom. The first-order valence-electron chi connectivity index (χ1n) is 8.89. The number of nitrogens with zero attached hydrogens (tertiary/aromatic N) is 1. The summed E-state index contributed by atoms with van der Waals surface area (Å²) in [6, 6.07) is 17.8. The molecule has 4 aromatic rings. The molecule has 140 valence electrons. The fraction of sp³-hybridized carbons (Fsp3) is 0.0909. The third-order valence-corrected chi connectivity index (χ3v) is 4.96. The van der Waals surface area contributed by atoms with E-state index >= 15 is 0 Å². The lowest BCUT2D eigenvalue weighted by Gasteiger charge is -2.26. The van der Waals surface area contributed by atoms with Crippen LogP contribution in [0.2, 0.25) is 0 Å². The quantitative estimate of drug-likeness (QED) is 0.430.